The van der Waals surface area contributed by atoms with Crippen molar-refractivity contribution in [2.24, 2.45) is 0 Å². The number of Topliss-reactive ketones (excluding diaryl/α,β-unsaturated/α-hetero) is 1. The number of aliphatic hydroxyl groups is 1. The molecule has 0 aliphatic carbocycles. The molecule has 0 bridgehead atoms. The maximum atomic E-state index is 12.7. The third-order valence-corrected chi connectivity index (χ3v) is 6.14. The summed E-state index contributed by atoms with van der Waals surface area (Å²) in [5.41, 5.74) is 0.376. The summed E-state index contributed by atoms with van der Waals surface area (Å²) >= 11 is 5.00. The van der Waals surface area contributed by atoms with E-state index in [1.807, 2.05) is 12.3 Å². The van der Waals surface area contributed by atoms with Crippen molar-refractivity contribution in [3.8, 4) is 0 Å². The highest BCUT2D eigenvalue weighted by molar-refractivity contribution is 9.10. The molecule has 1 saturated heterocycles. The fourth-order valence-corrected chi connectivity index (χ4v) is 4.38. The van der Waals surface area contributed by atoms with Crippen LogP contribution in [0.25, 0.3) is 10.9 Å². The van der Waals surface area contributed by atoms with Gasteiger partial charge in [-0.25, -0.2) is 4.98 Å². The Bertz CT molecular complexity index is 862. The summed E-state index contributed by atoms with van der Waals surface area (Å²) in [6.45, 7) is 0.774. The molecular weight excluding hydrogens is 566 g/mol. The average molecular weight is 588 g/mol. The lowest BCUT2D eigenvalue weighted by molar-refractivity contribution is -0.121. The van der Waals surface area contributed by atoms with Gasteiger partial charge in [-0.3, -0.25) is 14.2 Å². The highest BCUT2D eigenvalue weighted by Crippen LogP contribution is 2.28. The molecule has 27 heavy (non-hydrogen) atoms. The van der Waals surface area contributed by atoms with E-state index in [-0.39, 0.29) is 64.3 Å². The molecule has 0 amide bonds. The van der Waals surface area contributed by atoms with Crippen molar-refractivity contribution in [3.05, 3.63) is 33.3 Å². The smallest absolute Gasteiger partial charge is 0.261 e. The normalized spacial score (nSPS) is 19.2. The third-order valence-electron chi connectivity index (χ3n) is 4.44. The molecule has 0 saturated carbocycles. The first-order chi connectivity index (χ1) is 12.0. The third kappa shape index (κ3) is 5.86. The average Bonchev–Trinajstić information content (AvgIpc) is 2.59. The van der Waals surface area contributed by atoms with Crippen molar-refractivity contribution in [2.45, 2.75) is 42.8 Å². The number of nitrogens with zero attached hydrogens (tertiary/aromatic N) is 2. The number of benzene rings is 1. The highest BCUT2D eigenvalue weighted by Gasteiger charge is 2.25. The molecule has 150 valence electrons. The first-order valence-electron chi connectivity index (χ1n) is 8.15. The first kappa shape index (κ1) is 24.8. The molecule has 2 atom stereocenters. The number of carbonyl (C=O) groups excluding carboxylic acids is 1. The number of ketones is 1. The summed E-state index contributed by atoms with van der Waals surface area (Å²) in [4.78, 5) is 30.3. The number of rotatable bonds is 5. The Morgan fingerprint density at radius 2 is 2.19 bits per heavy atom. The quantitative estimate of drug-likeness (QED) is 0.523. The topological polar surface area (TPSA) is 84.2 Å². The van der Waals surface area contributed by atoms with E-state index in [0.29, 0.717) is 17.3 Å². The number of aromatic nitrogens is 2. The minimum atomic E-state index is -0.509. The molecule has 0 radical (unpaired) electrons. The summed E-state index contributed by atoms with van der Waals surface area (Å²) < 4.78 is 2.24. The highest BCUT2D eigenvalue weighted by atomic mass is 79.9. The maximum absolute atomic E-state index is 12.7. The fourth-order valence-electron chi connectivity index (χ4n) is 3.07. The molecular formula is C17H22Br3N3O3S. The molecule has 6 nitrogen and oxygen atoms in total. The zero-order valence-electron chi connectivity index (χ0n) is 14.7. The van der Waals surface area contributed by atoms with Gasteiger partial charge in [-0.1, -0.05) is 0 Å². The van der Waals surface area contributed by atoms with E-state index < -0.39 is 6.10 Å². The van der Waals surface area contributed by atoms with Gasteiger partial charge in [0, 0.05) is 21.8 Å². The van der Waals surface area contributed by atoms with Gasteiger partial charge in [0.2, 0.25) is 0 Å². The van der Waals surface area contributed by atoms with Crippen LogP contribution in [0.4, 0.5) is 0 Å². The predicted octanol–water partition coefficient (Wildman–Crippen LogP) is 3.11. The van der Waals surface area contributed by atoms with Crippen molar-refractivity contribution >= 4 is 78.3 Å². The van der Waals surface area contributed by atoms with Gasteiger partial charge in [0.05, 0.1) is 29.9 Å². The van der Waals surface area contributed by atoms with Crippen LogP contribution in [0.3, 0.4) is 0 Å². The van der Waals surface area contributed by atoms with Gasteiger partial charge >= 0.3 is 0 Å². The lowest BCUT2D eigenvalue weighted by atomic mass is 9.97. The van der Waals surface area contributed by atoms with Gasteiger partial charge in [0.25, 0.3) is 5.56 Å². The summed E-state index contributed by atoms with van der Waals surface area (Å²) in [6.07, 6.45) is 4.67. The van der Waals surface area contributed by atoms with E-state index in [4.69, 9.17) is 0 Å². The molecule has 2 aromatic rings. The minimum absolute atomic E-state index is 0. The first-order valence-corrected chi connectivity index (χ1v) is 10.2. The van der Waals surface area contributed by atoms with Crippen LogP contribution in [0.5, 0.6) is 0 Å². The molecule has 1 aromatic heterocycles. The molecule has 1 aliphatic rings. The van der Waals surface area contributed by atoms with Crippen LogP contribution < -0.4 is 10.9 Å². The van der Waals surface area contributed by atoms with Crippen LogP contribution >= 0.6 is 61.7 Å². The maximum Gasteiger partial charge on any atom is 0.261 e. The van der Waals surface area contributed by atoms with E-state index in [9.17, 15) is 14.7 Å². The molecule has 1 aliphatic heterocycles. The van der Waals surface area contributed by atoms with Gasteiger partial charge < -0.3 is 10.4 Å². The number of aliphatic hydroxyl groups excluding tert-OH is 1. The number of carbonyl (C=O) groups is 1. The zero-order valence-corrected chi connectivity index (χ0v) is 20.5. The Labute approximate surface area is 191 Å². The Morgan fingerprint density at radius 1 is 1.44 bits per heavy atom. The second-order valence-electron chi connectivity index (χ2n) is 6.19. The molecule has 1 fully saturated rings. The molecule has 10 heteroatoms. The van der Waals surface area contributed by atoms with Gasteiger partial charge in [-0.2, -0.15) is 0 Å². The van der Waals surface area contributed by atoms with Crippen LogP contribution in [0.2, 0.25) is 0 Å². The number of piperidine rings is 1. The molecule has 1 aromatic carbocycles. The zero-order chi connectivity index (χ0) is 18.0. The Hall–Kier alpha value is -0.260. The lowest BCUT2D eigenvalue weighted by Crippen LogP contribution is -2.46. The van der Waals surface area contributed by atoms with E-state index in [1.54, 1.807) is 6.07 Å². The SMILES string of the molecule is Br.Br.CSc1cc2c(=O)n(CC(=O)CC3NCCCC3O)cnc2cc1Br. The molecule has 2 unspecified atom stereocenters. The molecule has 3 rings (SSSR count). The fraction of sp³-hybridized carbons (Fsp3) is 0.471. The summed E-state index contributed by atoms with van der Waals surface area (Å²) in [7, 11) is 0. The van der Waals surface area contributed by atoms with Gasteiger partial charge in [-0.15, -0.1) is 45.7 Å². The number of hydrogen-bond acceptors (Lipinski definition) is 6. The number of nitrogens with one attached hydrogen (secondary N) is 1. The summed E-state index contributed by atoms with van der Waals surface area (Å²) in [5, 5.41) is 13.6. The second-order valence-corrected chi connectivity index (χ2v) is 7.90. The van der Waals surface area contributed by atoms with Crippen LogP contribution in [0, 0.1) is 0 Å². The number of halogens is 3. The number of hydrogen-bond donors (Lipinski definition) is 2. The van der Waals surface area contributed by atoms with Gasteiger partial charge in [0.1, 0.15) is 0 Å². The minimum Gasteiger partial charge on any atom is -0.391 e. The molecule has 2 heterocycles. The summed E-state index contributed by atoms with van der Waals surface area (Å²) in [5.74, 6) is -0.0936. The number of fused-ring (bicyclic) bond motifs is 1. The van der Waals surface area contributed by atoms with Crippen molar-refractivity contribution < 1.29 is 9.90 Å². The van der Waals surface area contributed by atoms with Gasteiger partial charge in [0.15, 0.2) is 5.78 Å². The van der Waals surface area contributed by atoms with E-state index in [0.717, 1.165) is 22.3 Å². The van der Waals surface area contributed by atoms with Crippen LogP contribution in [-0.2, 0) is 11.3 Å². The van der Waals surface area contributed by atoms with E-state index in [2.05, 4.69) is 26.2 Å². The van der Waals surface area contributed by atoms with Crippen molar-refractivity contribution in [3.63, 3.8) is 0 Å². The summed E-state index contributed by atoms with van der Waals surface area (Å²) in [6, 6.07) is 3.38. The molecule has 2 N–H and O–H groups in total. The predicted molar refractivity (Wildman–Crippen MR) is 123 cm³/mol. The second kappa shape index (κ2) is 11.1. The van der Waals surface area contributed by atoms with Crippen molar-refractivity contribution in [1.82, 2.24) is 14.9 Å². The Morgan fingerprint density at radius 3 is 2.85 bits per heavy atom. The monoisotopic (exact) mass is 585 g/mol. The molecule has 0 spiro atoms. The van der Waals surface area contributed by atoms with Crippen LogP contribution in [-0.4, -0.2) is 45.4 Å². The Balaban J connectivity index is 0.00000182. The van der Waals surface area contributed by atoms with Crippen LogP contribution in [0.15, 0.2) is 32.6 Å². The van der Waals surface area contributed by atoms with Crippen LogP contribution in [0.1, 0.15) is 19.3 Å². The van der Waals surface area contributed by atoms with Gasteiger partial charge in [-0.05, 0) is 53.7 Å². The largest absolute Gasteiger partial charge is 0.391 e. The van der Waals surface area contributed by atoms with Crippen molar-refractivity contribution in [1.29, 1.82) is 0 Å². The number of thioether (sulfide) groups is 1. The lowest BCUT2D eigenvalue weighted by Gasteiger charge is -2.28. The van der Waals surface area contributed by atoms with E-state index in [1.165, 1.54) is 22.7 Å². The van der Waals surface area contributed by atoms with Crippen molar-refractivity contribution in [2.75, 3.05) is 12.8 Å². The van der Waals surface area contributed by atoms with E-state index >= 15 is 0 Å². The standard InChI is InChI=1S/C17H20BrN3O3S.2BrH/c1-25-16-6-11-13(7-12(16)18)20-9-21(17(11)24)8-10(22)5-14-15(23)3-2-4-19-14;;/h6-7,9,14-15,19,23H,2-5,8H2,1H3;2*1H. The Kier molecular flexibility index (Phi) is 10.2.